The van der Waals surface area contributed by atoms with Gasteiger partial charge in [-0.05, 0) is 30.7 Å². The molecule has 3 rings (SSSR count). The Hall–Kier alpha value is -1.06. The Bertz CT molecular complexity index is 547. The van der Waals surface area contributed by atoms with E-state index in [2.05, 4.69) is 74.9 Å². The molecular formula is C15H17BrN2. The maximum Gasteiger partial charge on any atom is 0.0476 e. The first kappa shape index (κ1) is 12.0. The molecule has 1 aromatic heterocycles. The Balaban J connectivity index is 1.81. The third kappa shape index (κ3) is 2.13. The minimum Gasteiger partial charge on any atom is -0.349 e. The third-order valence-corrected chi connectivity index (χ3v) is 4.57. The second kappa shape index (κ2) is 4.90. The number of fused-ring (bicyclic) bond motifs is 1. The zero-order valence-electron chi connectivity index (χ0n) is 10.5. The fourth-order valence-electron chi connectivity index (χ4n) is 2.69. The van der Waals surface area contributed by atoms with Crippen LogP contribution in [-0.4, -0.2) is 16.0 Å². The SMILES string of the molecule is CC1c2cccn2CCN1Cc1ccccc1Br. The molecule has 0 radical (unpaired) electrons. The topological polar surface area (TPSA) is 8.17 Å². The molecule has 2 nitrogen and oxygen atoms in total. The number of benzene rings is 1. The summed E-state index contributed by atoms with van der Waals surface area (Å²) in [7, 11) is 0. The van der Waals surface area contributed by atoms with E-state index in [0.717, 1.165) is 19.6 Å². The molecule has 0 saturated carbocycles. The van der Waals surface area contributed by atoms with E-state index < -0.39 is 0 Å². The molecule has 18 heavy (non-hydrogen) atoms. The lowest BCUT2D eigenvalue weighted by Gasteiger charge is -2.35. The highest BCUT2D eigenvalue weighted by molar-refractivity contribution is 9.10. The van der Waals surface area contributed by atoms with Crippen LogP contribution in [0.3, 0.4) is 0 Å². The van der Waals surface area contributed by atoms with Crippen LogP contribution in [0.25, 0.3) is 0 Å². The van der Waals surface area contributed by atoms with Crippen LogP contribution in [0.4, 0.5) is 0 Å². The molecule has 0 amide bonds. The zero-order chi connectivity index (χ0) is 12.5. The van der Waals surface area contributed by atoms with Gasteiger partial charge in [0.1, 0.15) is 0 Å². The van der Waals surface area contributed by atoms with Crippen LogP contribution in [0.2, 0.25) is 0 Å². The van der Waals surface area contributed by atoms with Crippen LogP contribution in [0.15, 0.2) is 47.1 Å². The average Bonchev–Trinajstić information content (AvgIpc) is 2.84. The Morgan fingerprint density at radius 2 is 2.00 bits per heavy atom. The molecule has 2 heterocycles. The van der Waals surface area contributed by atoms with E-state index in [0.29, 0.717) is 6.04 Å². The first-order valence-corrected chi connectivity index (χ1v) is 7.17. The quantitative estimate of drug-likeness (QED) is 0.818. The molecule has 1 unspecified atom stereocenters. The summed E-state index contributed by atoms with van der Waals surface area (Å²) in [6.45, 7) is 5.51. The molecule has 2 aromatic rings. The molecule has 0 bridgehead atoms. The summed E-state index contributed by atoms with van der Waals surface area (Å²) in [5.74, 6) is 0. The molecule has 3 heteroatoms. The predicted octanol–water partition coefficient (Wildman–Crippen LogP) is 3.83. The summed E-state index contributed by atoms with van der Waals surface area (Å²) in [4.78, 5) is 2.54. The van der Waals surface area contributed by atoms with Gasteiger partial charge in [-0.2, -0.15) is 0 Å². The van der Waals surface area contributed by atoms with Crippen molar-refractivity contribution in [1.29, 1.82) is 0 Å². The standard InChI is InChI=1S/C15H17BrN2/c1-12-15-7-4-8-17(15)9-10-18(12)11-13-5-2-3-6-14(13)16/h2-8,12H,9-11H2,1H3. The van der Waals surface area contributed by atoms with E-state index in [1.54, 1.807) is 0 Å². The van der Waals surface area contributed by atoms with Crippen LogP contribution in [0.5, 0.6) is 0 Å². The van der Waals surface area contributed by atoms with Gasteiger partial charge in [-0.25, -0.2) is 0 Å². The van der Waals surface area contributed by atoms with Crippen LogP contribution in [0, 0.1) is 0 Å². The van der Waals surface area contributed by atoms with Crippen molar-refractivity contribution in [2.75, 3.05) is 6.54 Å². The van der Waals surface area contributed by atoms with Crippen molar-refractivity contribution < 1.29 is 0 Å². The van der Waals surface area contributed by atoms with Crippen LogP contribution in [0.1, 0.15) is 24.2 Å². The fourth-order valence-corrected chi connectivity index (χ4v) is 3.10. The van der Waals surface area contributed by atoms with E-state index in [1.807, 2.05) is 0 Å². The maximum atomic E-state index is 3.64. The lowest BCUT2D eigenvalue weighted by atomic mass is 10.1. The predicted molar refractivity (Wildman–Crippen MR) is 77.4 cm³/mol. The Morgan fingerprint density at radius 1 is 1.17 bits per heavy atom. The van der Waals surface area contributed by atoms with Crippen molar-refractivity contribution in [3.05, 3.63) is 58.3 Å². The fraction of sp³-hybridized carbons (Fsp3) is 0.333. The summed E-state index contributed by atoms with van der Waals surface area (Å²) in [5.41, 5.74) is 2.79. The summed E-state index contributed by atoms with van der Waals surface area (Å²) in [6, 6.07) is 13.4. The van der Waals surface area contributed by atoms with Gasteiger partial charge in [0.15, 0.2) is 0 Å². The van der Waals surface area contributed by atoms with Gasteiger partial charge in [-0.3, -0.25) is 4.90 Å². The van der Waals surface area contributed by atoms with Crippen LogP contribution < -0.4 is 0 Å². The monoisotopic (exact) mass is 304 g/mol. The summed E-state index contributed by atoms with van der Waals surface area (Å²) in [5, 5.41) is 0. The lowest BCUT2D eigenvalue weighted by Crippen LogP contribution is -2.35. The average molecular weight is 305 g/mol. The highest BCUT2D eigenvalue weighted by Gasteiger charge is 2.23. The number of rotatable bonds is 2. The van der Waals surface area contributed by atoms with Gasteiger partial charge in [-0.15, -0.1) is 0 Å². The minimum absolute atomic E-state index is 0.487. The Morgan fingerprint density at radius 3 is 2.83 bits per heavy atom. The molecule has 94 valence electrons. The normalized spacial score (nSPS) is 19.8. The van der Waals surface area contributed by atoms with E-state index in [4.69, 9.17) is 0 Å². The van der Waals surface area contributed by atoms with Crippen LogP contribution in [-0.2, 0) is 13.1 Å². The smallest absolute Gasteiger partial charge is 0.0476 e. The van der Waals surface area contributed by atoms with Crippen molar-refractivity contribution in [2.45, 2.75) is 26.1 Å². The van der Waals surface area contributed by atoms with Gasteiger partial charge in [0.25, 0.3) is 0 Å². The second-order valence-corrected chi connectivity index (χ2v) is 5.72. The number of hydrogen-bond acceptors (Lipinski definition) is 1. The second-order valence-electron chi connectivity index (χ2n) is 4.86. The summed E-state index contributed by atoms with van der Waals surface area (Å²) >= 11 is 3.64. The molecule has 0 saturated heterocycles. The van der Waals surface area contributed by atoms with Gasteiger partial charge in [0, 0.05) is 42.0 Å². The largest absolute Gasteiger partial charge is 0.349 e. The summed E-state index contributed by atoms with van der Waals surface area (Å²) < 4.78 is 3.57. The Labute approximate surface area is 116 Å². The third-order valence-electron chi connectivity index (χ3n) is 3.80. The summed E-state index contributed by atoms with van der Waals surface area (Å²) in [6.07, 6.45) is 2.18. The van der Waals surface area contributed by atoms with E-state index >= 15 is 0 Å². The van der Waals surface area contributed by atoms with E-state index in [-0.39, 0.29) is 0 Å². The minimum atomic E-state index is 0.487. The van der Waals surface area contributed by atoms with Gasteiger partial charge >= 0.3 is 0 Å². The molecule has 0 spiro atoms. The molecule has 0 aliphatic carbocycles. The Kier molecular flexibility index (Phi) is 3.27. The number of aromatic nitrogens is 1. The van der Waals surface area contributed by atoms with Crippen molar-refractivity contribution in [2.24, 2.45) is 0 Å². The molecular weight excluding hydrogens is 288 g/mol. The molecule has 1 aromatic carbocycles. The molecule has 1 aliphatic rings. The van der Waals surface area contributed by atoms with Gasteiger partial charge in [0.05, 0.1) is 0 Å². The molecule has 0 N–H and O–H groups in total. The highest BCUT2D eigenvalue weighted by Crippen LogP contribution is 2.28. The van der Waals surface area contributed by atoms with Crippen molar-refractivity contribution in [1.82, 2.24) is 9.47 Å². The van der Waals surface area contributed by atoms with Crippen molar-refractivity contribution in [3.8, 4) is 0 Å². The highest BCUT2D eigenvalue weighted by atomic mass is 79.9. The molecule has 1 atom stereocenters. The maximum absolute atomic E-state index is 3.64. The lowest BCUT2D eigenvalue weighted by molar-refractivity contribution is 0.160. The first-order chi connectivity index (χ1) is 8.75. The molecule has 0 fully saturated rings. The van der Waals surface area contributed by atoms with Crippen LogP contribution >= 0.6 is 15.9 Å². The van der Waals surface area contributed by atoms with Gasteiger partial charge in [-0.1, -0.05) is 34.1 Å². The first-order valence-electron chi connectivity index (χ1n) is 6.38. The number of hydrogen-bond donors (Lipinski definition) is 0. The molecule has 1 aliphatic heterocycles. The van der Waals surface area contributed by atoms with Gasteiger partial charge < -0.3 is 4.57 Å². The van der Waals surface area contributed by atoms with E-state index in [1.165, 1.54) is 15.7 Å². The van der Waals surface area contributed by atoms with Crippen molar-refractivity contribution >= 4 is 15.9 Å². The van der Waals surface area contributed by atoms with E-state index in [9.17, 15) is 0 Å². The zero-order valence-corrected chi connectivity index (χ0v) is 12.1. The number of halogens is 1. The number of nitrogens with zero attached hydrogens (tertiary/aromatic N) is 2. The van der Waals surface area contributed by atoms with Crippen molar-refractivity contribution in [3.63, 3.8) is 0 Å². The van der Waals surface area contributed by atoms with Gasteiger partial charge in [0.2, 0.25) is 0 Å².